The number of piperidine rings is 1. The van der Waals surface area contributed by atoms with Crippen molar-refractivity contribution in [2.45, 2.75) is 24.7 Å². The highest BCUT2D eigenvalue weighted by molar-refractivity contribution is 7.89. The monoisotopic (exact) mass is 449 g/mol. The zero-order chi connectivity index (χ0) is 22.4. The van der Waals surface area contributed by atoms with Crippen LogP contribution in [0.2, 0.25) is 0 Å². The van der Waals surface area contributed by atoms with E-state index in [4.69, 9.17) is 4.74 Å². The highest BCUT2D eigenvalue weighted by Crippen LogP contribution is 2.25. The molecule has 1 fully saturated rings. The molecule has 2 aromatic carbocycles. The third kappa shape index (κ3) is 5.80. The molecule has 1 atom stereocenters. The molecule has 2 amide bonds. The van der Waals surface area contributed by atoms with Crippen LogP contribution in [0.1, 0.15) is 19.8 Å². The predicted octanol–water partition coefficient (Wildman–Crippen LogP) is 3.43. The van der Waals surface area contributed by atoms with E-state index < -0.39 is 27.9 Å². The van der Waals surface area contributed by atoms with Gasteiger partial charge in [-0.1, -0.05) is 0 Å². The summed E-state index contributed by atoms with van der Waals surface area (Å²) < 4.78 is 44.8. The Morgan fingerprint density at radius 1 is 1.06 bits per heavy atom. The number of hydrogen-bond acceptors (Lipinski definition) is 5. The van der Waals surface area contributed by atoms with E-state index >= 15 is 0 Å². The van der Waals surface area contributed by atoms with Gasteiger partial charge in [-0.3, -0.25) is 10.1 Å². The Morgan fingerprint density at radius 3 is 2.29 bits per heavy atom. The fraction of sp³-hybridized carbons (Fsp3) is 0.333. The van der Waals surface area contributed by atoms with Crippen LogP contribution < -0.4 is 10.6 Å². The number of sulfonamides is 1. The van der Waals surface area contributed by atoms with Crippen LogP contribution in [0.5, 0.6) is 0 Å². The second-order valence-electron chi connectivity index (χ2n) is 7.07. The van der Waals surface area contributed by atoms with Gasteiger partial charge in [-0.25, -0.2) is 17.6 Å². The van der Waals surface area contributed by atoms with Gasteiger partial charge in [-0.15, -0.1) is 0 Å². The van der Waals surface area contributed by atoms with Gasteiger partial charge in [0.05, 0.1) is 17.4 Å². The molecule has 0 saturated carbocycles. The van der Waals surface area contributed by atoms with Crippen LogP contribution in [0.4, 0.5) is 20.6 Å². The van der Waals surface area contributed by atoms with E-state index in [-0.39, 0.29) is 24.0 Å². The molecule has 1 unspecified atom stereocenters. The standard InChI is InChI=1S/C21H24FN3O5S/c1-2-30-21(27)24-18-9-7-17(8-10-18)23-20(26)15-4-3-13-25(14-15)31(28,29)19-11-5-16(22)6-12-19/h5-12,15H,2-4,13-14H2,1H3,(H,23,26)(H,24,27). The minimum absolute atomic E-state index is 0.000327. The summed E-state index contributed by atoms with van der Waals surface area (Å²) in [5.41, 5.74) is 1.05. The first-order chi connectivity index (χ1) is 14.8. The number of amides is 2. The van der Waals surface area contributed by atoms with Crippen LogP contribution in [0, 0.1) is 11.7 Å². The summed E-state index contributed by atoms with van der Waals surface area (Å²) in [5, 5.41) is 5.34. The number of carbonyl (C=O) groups is 2. The number of halogens is 1. The summed E-state index contributed by atoms with van der Waals surface area (Å²) >= 11 is 0. The number of hydrogen-bond donors (Lipinski definition) is 2. The maximum Gasteiger partial charge on any atom is 0.411 e. The molecule has 2 aromatic rings. The summed E-state index contributed by atoms with van der Waals surface area (Å²) in [6.07, 6.45) is 0.536. The molecular formula is C21H24FN3O5S. The van der Waals surface area contributed by atoms with E-state index in [0.717, 1.165) is 12.1 Å². The van der Waals surface area contributed by atoms with Crippen LogP contribution in [0.15, 0.2) is 53.4 Å². The van der Waals surface area contributed by atoms with Crippen LogP contribution in [0.3, 0.4) is 0 Å². The molecule has 166 valence electrons. The molecule has 0 bridgehead atoms. The number of carbonyl (C=O) groups excluding carboxylic acids is 2. The quantitative estimate of drug-likeness (QED) is 0.703. The van der Waals surface area contributed by atoms with Gasteiger partial charge >= 0.3 is 6.09 Å². The third-order valence-electron chi connectivity index (χ3n) is 4.88. The van der Waals surface area contributed by atoms with Crippen molar-refractivity contribution in [1.82, 2.24) is 4.31 Å². The minimum Gasteiger partial charge on any atom is -0.450 e. The van der Waals surface area contributed by atoms with Gasteiger partial charge in [-0.2, -0.15) is 4.31 Å². The molecule has 1 aliphatic heterocycles. The van der Waals surface area contributed by atoms with Crippen molar-refractivity contribution in [1.29, 1.82) is 0 Å². The van der Waals surface area contributed by atoms with Crippen LogP contribution >= 0.6 is 0 Å². The van der Waals surface area contributed by atoms with Gasteiger partial charge in [0, 0.05) is 24.5 Å². The summed E-state index contributed by atoms with van der Waals surface area (Å²) in [6.45, 7) is 2.32. The lowest BCUT2D eigenvalue weighted by molar-refractivity contribution is -0.120. The summed E-state index contributed by atoms with van der Waals surface area (Å²) in [7, 11) is -3.81. The molecule has 31 heavy (non-hydrogen) atoms. The average Bonchev–Trinajstić information content (AvgIpc) is 2.75. The van der Waals surface area contributed by atoms with Crippen molar-refractivity contribution in [3.8, 4) is 0 Å². The van der Waals surface area contributed by atoms with E-state index in [0.29, 0.717) is 30.8 Å². The van der Waals surface area contributed by atoms with E-state index in [1.165, 1.54) is 16.4 Å². The molecule has 0 aromatic heterocycles. The average molecular weight is 450 g/mol. The Labute approximate surface area is 180 Å². The second-order valence-corrected chi connectivity index (χ2v) is 9.01. The van der Waals surface area contributed by atoms with E-state index in [1.54, 1.807) is 31.2 Å². The molecule has 1 aliphatic rings. The zero-order valence-corrected chi connectivity index (χ0v) is 17.8. The SMILES string of the molecule is CCOC(=O)Nc1ccc(NC(=O)C2CCCN(S(=O)(=O)c3ccc(F)cc3)C2)cc1. The fourth-order valence-electron chi connectivity index (χ4n) is 3.30. The van der Waals surface area contributed by atoms with Crippen LogP contribution in [0.25, 0.3) is 0 Å². The fourth-order valence-corrected chi connectivity index (χ4v) is 4.82. The molecule has 1 heterocycles. The molecule has 1 saturated heterocycles. The van der Waals surface area contributed by atoms with Gasteiger partial charge in [0.2, 0.25) is 15.9 Å². The van der Waals surface area contributed by atoms with E-state index in [2.05, 4.69) is 10.6 Å². The molecule has 0 spiro atoms. The predicted molar refractivity (Wildman–Crippen MR) is 114 cm³/mol. The summed E-state index contributed by atoms with van der Waals surface area (Å²) in [6, 6.07) is 11.2. The number of ether oxygens (including phenoxy) is 1. The maximum atomic E-state index is 13.1. The van der Waals surface area contributed by atoms with Gasteiger partial charge in [0.15, 0.2) is 0 Å². The van der Waals surface area contributed by atoms with Gasteiger partial charge in [-0.05, 0) is 68.3 Å². The Balaban J connectivity index is 1.62. The summed E-state index contributed by atoms with van der Waals surface area (Å²) in [4.78, 5) is 24.1. The first kappa shape index (κ1) is 22.7. The molecule has 3 rings (SSSR count). The molecular weight excluding hydrogens is 425 g/mol. The molecule has 2 N–H and O–H groups in total. The highest BCUT2D eigenvalue weighted by Gasteiger charge is 2.33. The molecule has 0 aliphatic carbocycles. The number of rotatable bonds is 6. The third-order valence-corrected chi connectivity index (χ3v) is 6.76. The Hall–Kier alpha value is -2.98. The number of benzene rings is 2. The van der Waals surface area contributed by atoms with Crippen molar-refractivity contribution < 1.29 is 27.1 Å². The van der Waals surface area contributed by atoms with E-state index in [1.807, 2.05) is 0 Å². The Kier molecular flexibility index (Phi) is 7.24. The smallest absolute Gasteiger partial charge is 0.411 e. The summed E-state index contributed by atoms with van der Waals surface area (Å²) in [5.74, 6) is -1.32. The molecule has 0 radical (unpaired) electrons. The van der Waals surface area contributed by atoms with Crippen molar-refractivity contribution in [3.63, 3.8) is 0 Å². The maximum absolute atomic E-state index is 13.1. The highest BCUT2D eigenvalue weighted by atomic mass is 32.2. The van der Waals surface area contributed by atoms with E-state index in [9.17, 15) is 22.4 Å². The van der Waals surface area contributed by atoms with Crippen molar-refractivity contribution in [2.24, 2.45) is 5.92 Å². The largest absolute Gasteiger partial charge is 0.450 e. The van der Waals surface area contributed by atoms with Crippen molar-refractivity contribution >= 4 is 33.4 Å². The first-order valence-corrected chi connectivity index (χ1v) is 11.3. The van der Waals surface area contributed by atoms with Gasteiger partial charge < -0.3 is 10.1 Å². The number of nitrogens with one attached hydrogen (secondary N) is 2. The van der Waals surface area contributed by atoms with Gasteiger partial charge in [0.1, 0.15) is 5.82 Å². The van der Waals surface area contributed by atoms with Crippen molar-refractivity contribution in [3.05, 3.63) is 54.3 Å². The topological polar surface area (TPSA) is 105 Å². The number of anilines is 2. The lowest BCUT2D eigenvalue weighted by Crippen LogP contribution is -2.43. The van der Waals surface area contributed by atoms with Crippen LogP contribution in [-0.2, 0) is 19.6 Å². The Morgan fingerprint density at radius 2 is 1.68 bits per heavy atom. The lowest BCUT2D eigenvalue weighted by Gasteiger charge is -2.31. The first-order valence-electron chi connectivity index (χ1n) is 9.90. The number of nitrogens with zero attached hydrogens (tertiary/aromatic N) is 1. The van der Waals surface area contributed by atoms with Crippen molar-refractivity contribution in [2.75, 3.05) is 30.3 Å². The van der Waals surface area contributed by atoms with Gasteiger partial charge in [0.25, 0.3) is 0 Å². The lowest BCUT2D eigenvalue weighted by atomic mass is 9.98. The molecule has 10 heteroatoms. The normalized spacial score (nSPS) is 17.0. The molecule has 8 nitrogen and oxygen atoms in total. The second kappa shape index (κ2) is 9.88. The van der Waals surface area contributed by atoms with Crippen LogP contribution in [-0.4, -0.2) is 44.4 Å². The zero-order valence-electron chi connectivity index (χ0n) is 17.0. The minimum atomic E-state index is -3.81. The Bertz CT molecular complexity index is 1030.